The molecule has 0 radical (unpaired) electrons. The minimum absolute atomic E-state index is 0.418. The number of carbonyl (C=O) groups is 1. The Labute approximate surface area is 113 Å². The summed E-state index contributed by atoms with van der Waals surface area (Å²) in [5, 5.41) is 8.93. The van der Waals surface area contributed by atoms with Gasteiger partial charge in [0.2, 0.25) is 0 Å². The topological polar surface area (TPSA) is 49.8 Å². The minimum atomic E-state index is -4.66. The third kappa shape index (κ3) is 3.49. The Bertz CT molecular complexity index is 496. The van der Waals surface area contributed by atoms with Crippen molar-refractivity contribution in [3.8, 4) is 0 Å². The summed E-state index contributed by atoms with van der Waals surface area (Å²) in [5.41, 5.74) is -1.27. The Hall–Kier alpha value is -1.60. The van der Waals surface area contributed by atoms with Crippen molar-refractivity contribution in [2.75, 3.05) is 26.3 Å². The van der Waals surface area contributed by atoms with Crippen LogP contribution in [0.2, 0.25) is 0 Å². The molecule has 1 fully saturated rings. The van der Waals surface area contributed by atoms with Gasteiger partial charge in [0.1, 0.15) is 0 Å². The molecule has 1 aliphatic heterocycles. The summed E-state index contributed by atoms with van der Waals surface area (Å²) < 4.78 is 43.3. The van der Waals surface area contributed by atoms with Crippen LogP contribution in [0.4, 0.5) is 13.2 Å². The quantitative estimate of drug-likeness (QED) is 0.927. The number of ether oxygens (including phenoxy) is 1. The molecule has 0 aromatic heterocycles. The average Bonchev–Trinajstić information content (AvgIpc) is 2.38. The second-order valence-electron chi connectivity index (χ2n) is 4.57. The second kappa shape index (κ2) is 5.80. The number of carboxylic acids is 1. The van der Waals surface area contributed by atoms with Gasteiger partial charge in [0.05, 0.1) is 24.3 Å². The normalized spacial score (nSPS) is 17.1. The van der Waals surface area contributed by atoms with Crippen molar-refractivity contribution < 1.29 is 27.8 Å². The van der Waals surface area contributed by atoms with Crippen LogP contribution in [0.25, 0.3) is 0 Å². The first-order valence-corrected chi connectivity index (χ1v) is 6.11. The van der Waals surface area contributed by atoms with Crippen molar-refractivity contribution in [3.63, 3.8) is 0 Å². The van der Waals surface area contributed by atoms with E-state index in [1.807, 2.05) is 4.90 Å². The smallest absolute Gasteiger partial charge is 0.417 e. The molecule has 0 amide bonds. The average molecular weight is 289 g/mol. The van der Waals surface area contributed by atoms with E-state index in [1.165, 1.54) is 6.07 Å². The van der Waals surface area contributed by atoms with Gasteiger partial charge in [0.25, 0.3) is 0 Å². The molecular weight excluding hydrogens is 275 g/mol. The third-order valence-corrected chi connectivity index (χ3v) is 3.13. The molecule has 110 valence electrons. The molecule has 0 unspecified atom stereocenters. The van der Waals surface area contributed by atoms with Crippen molar-refractivity contribution in [1.82, 2.24) is 4.90 Å². The van der Waals surface area contributed by atoms with Crippen molar-refractivity contribution >= 4 is 5.97 Å². The summed E-state index contributed by atoms with van der Waals surface area (Å²) in [6, 6.07) is 3.25. The Morgan fingerprint density at radius 2 is 1.95 bits per heavy atom. The van der Waals surface area contributed by atoms with Crippen molar-refractivity contribution in [3.05, 3.63) is 34.9 Å². The fourth-order valence-corrected chi connectivity index (χ4v) is 2.13. The number of halogens is 3. The van der Waals surface area contributed by atoms with E-state index < -0.39 is 23.3 Å². The third-order valence-electron chi connectivity index (χ3n) is 3.13. The number of alkyl halides is 3. The molecule has 1 heterocycles. The molecule has 0 saturated carbocycles. The van der Waals surface area contributed by atoms with Crippen LogP contribution in [0.5, 0.6) is 0 Å². The van der Waals surface area contributed by atoms with Crippen LogP contribution in [0.15, 0.2) is 18.2 Å². The van der Waals surface area contributed by atoms with E-state index in [0.29, 0.717) is 38.4 Å². The van der Waals surface area contributed by atoms with Gasteiger partial charge in [-0.2, -0.15) is 13.2 Å². The number of benzene rings is 1. The summed E-state index contributed by atoms with van der Waals surface area (Å²) in [7, 11) is 0. The molecule has 20 heavy (non-hydrogen) atoms. The van der Waals surface area contributed by atoms with Gasteiger partial charge in [-0.1, -0.05) is 6.07 Å². The molecule has 0 spiro atoms. The molecule has 0 aliphatic carbocycles. The fourth-order valence-electron chi connectivity index (χ4n) is 2.13. The molecule has 1 aromatic rings. The van der Waals surface area contributed by atoms with Crippen LogP contribution in [0.1, 0.15) is 21.5 Å². The van der Waals surface area contributed by atoms with E-state index in [0.717, 1.165) is 12.1 Å². The SMILES string of the molecule is O=C(O)c1cc(CN2CCOCC2)ccc1C(F)(F)F. The largest absolute Gasteiger partial charge is 0.478 e. The van der Waals surface area contributed by atoms with Crippen LogP contribution in [-0.4, -0.2) is 42.3 Å². The molecule has 1 N–H and O–H groups in total. The highest BCUT2D eigenvalue weighted by molar-refractivity contribution is 5.89. The Morgan fingerprint density at radius 3 is 2.50 bits per heavy atom. The zero-order chi connectivity index (χ0) is 14.8. The molecule has 7 heteroatoms. The minimum Gasteiger partial charge on any atom is -0.478 e. The van der Waals surface area contributed by atoms with Crippen molar-refractivity contribution in [2.45, 2.75) is 12.7 Å². The van der Waals surface area contributed by atoms with Crippen molar-refractivity contribution in [1.29, 1.82) is 0 Å². The van der Waals surface area contributed by atoms with Gasteiger partial charge < -0.3 is 9.84 Å². The van der Waals surface area contributed by atoms with E-state index in [1.54, 1.807) is 0 Å². The number of hydrogen-bond donors (Lipinski definition) is 1. The van der Waals surface area contributed by atoms with Crippen molar-refractivity contribution in [2.24, 2.45) is 0 Å². The van der Waals surface area contributed by atoms with Crippen LogP contribution >= 0.6 is 0 Å². The molecular formula is C13H14F3NO3. The second-order valence-corrected chi connectivity index (χ2v) is 4.57. The monoisotopic (exact) mass is 289 g/mol. The molecule has 1 aromatic carbocycles. The van der Waals surface area contributed by atoms with Gasteiger partial charge in [-0.25, -0.2) is 4.79 Å². The van der Waals surface area contributed by atoms with Crippen LogP contribution in [0.3, 0.4) is 0 Å². The summed E-state index contributed by atoms with van der Waals surface area (Å²) in [4.78, 5) is 13.0. The van der Waals surface area contributed by atoms with Gasteiger partial charge in [0.15, 0.2) is 0 Å². The first-order chi connectivity index (χ1) is 9.38. The zero-order valence-corrected chi connectivity index (χ0v) is 10.6. The summed E-state index contributed by atoms with van der Waals surface area (Å²) >= 11 is 0. The van der Waals surface area contributed by atoms with E-state index in [9.17, 15) is 18.0 Å². The van der Waals surface area contributed by atoms with E-state index in [4.69, 9.17) is 9.84 Å². The Morgan fingerprint density at radius 1 is 1.30 bits per heavy atom. The number of aromatic carboxylic acids is 1. The lowest BCUT2D eigenvalue weighted by Gasteiger charge is -2.26. The predicted molar refractivity (Wildman–Crippen MR) is 64.5 cm³/mol. The molecule has 0 atom stereocenters. The van der Waals surface area contributed by atoms with Crippen LogP contribution < -0.4 is 0 Å². The maximum absolute atomic E-state index is 12.7. The fraction of sp³-hybridized carbons (Fsp3) is 0.462. The summed E-state index contributed by atoms with van der Waals surface area (Å²) in [5.74, 6) is -1.57. The van der Waals surface area contributed by atoms with Gasteiger partial charge in [-0.05, 0) is 17.7 Å². The summed E-state index contributed by atoms with van der Waals surface area (Å²) in [6.07, 6.45) is -4.66. The number of carboxylic acid groups (broad SMARTS) is 1. The van der Waals surface area contributed by atoms with Gasteiger partial charge in [0, 0.05) is 19.6 Å². The Balaban J connectivity index is 2.23. The van der Waals surface area contributed by atoms with Crippen LogP contribution in [0, 0.1) is 0 Å². The highest BCUT2D eigenvalue weighted by atomic mass is 19.4. The van der Waals surface area contributed by atoms with Gasteiger partial charge >= 0.3 is 12.1 Å². The van der Waals surface area contributed by atoms with Crippen LogP contribution in [-0.2, 0) is 17.5 Å². The zero-order valence-electron chi connectivity index (χ0n) is 10.6. The van der Waals surface area contributed by atoms with E-state index >= 15 is 0 Å². The van der Waals surface area contributed by atoms with Gasteiger partial charge in [-0.15, -0.1) is 0 Å². The number of rotatable bonds is 3. The van der Waals surface area contributed by atoms with E-state index in [-0.39, 0.29) is 0 Å². The Kier molecular flexibility index (Phi) is 4.29. The first-order valence-electron chi connectivity index (χ1n) is 6.11. The highest BCUT2D eigenvalue weighted by Crippen LogP contribution is 2.32. The lowest BCUT2D eigenvalue weighted by Crippen LogP contribution is -2.35. The molecule has 1 aliphatic rings. The lowest BCUT2D eigenvalue weighted by atomic mass is 10.0. The van der Waals surface area contributed by atoms with Gasteiger partial charge in [-0.3, -0.25) is 4.90 Å². The van der Waals surface area contributed by atoms with E-state index in [2.05, 4.69) is 0 Å². The highest BCUT2D eigenvalue weighted by Gasteiger charge is 2.35. The summed E-state index contributed by atoms with van der Waals surface area (Å²) in [6.45, 7) is 2.94. The predicted octanol–water partition coefficient (Wildman–Crippen LogP) is 2.24. The number of morpholine rings is 1. The number of nitrogens with zero attached hydrogens (tertiary/aromatic N) is 1. The molecule has 4 nitrogen and oxygen atoms in total. The maximum Gasteiger partial charge on any atom is 0.417 e. The molecule has 1 saturated heterocycles. The standard InChI is InChI=1S/C13H14F3NO3/c14-13(15,16)11-2-1-9(7-10(11)12(18)19)8-17-3-5-20-6-4-17/h1-2,7H,3-6,8H2,(H,18,19). The molecule has 2 rings (SSSR count). The molecule has 0 bridgehead atoms. The lowest BCUT2D eigenvalue weighted by molar-refractivity contribution is -0.138. The first kappa shape index (κ1) is 14.8. The number of hydrogen-bond acceptors (Lipinski definition) is 3. The maximum atomic E-state index is 12.7.